The van der Waals surface area contributed by atoms with Gasteiger partial charge >= 0.3 is 0 Å². The molecule has 0 aromatic heterocycles. The Kier molecular flexibility index (Phi) is 3.11. The predicted molar refractivity (Wildman–Crippen MR) is 53.9 cm³/mol. The number of hydrogen-bond donors (Lipinski definition) is 0. The van der Waals surface area contributed by atoms with Crippen LogP contribution in [0.25, 0.3) is 0 Å². The van der Waals surface area contributed by atoms with E-state index in [0.29, 0.717) is 11.3 Å². The number of benzene rings is 1. The summed E-state index contributed by atoms with van der Waals surface area (Å²) in [5.41, 5.74) is 2.88. The lowest BCUT2D eigenvalue weighted by atomic mass is 10.0. The average Bonchev–Trinajstić information content (AvgIpc) is 2.02. The van der Waals surface area contributed by atoms with Gasteiger partial charge in [-0.05, 0) is 43.0 Å². The molecule has 0 unspecified atom stereocenters. The van der Waals surface area contributed by atoms with E-state index < -0.39 is 0 Å². The van der Waals surface area contributed by atoms with E-state index in [1.165, 1.54) is 0 Å². The van der Waals surface area contributed by atoms with Crippen molar-refractivity contribution in [2.75, 3.05) is 0 Å². The van der Waals surface area contributed by atoms with E-state index in [9.17, 15) is 4.79 Å². The van der Waals surface area contributed by atoms with Gasteiger partial charge in [0.2, 0.25) is 0 Å². The summed E-state index contributed by atoms with van der Waals surface area (Å²) in [6.07, 6.45) is 0.591. The van der Waals surface area contributed by atoms with Gasteiger partial charge in [0, 0.05) is 10.6 Å². The van der Waals surface area contributed by atoms with Crippen molar-refractivity contribution in [3.05, 3.63) is 33.8 Å². The van der Waals surface area contributed by atoms with Crippen molar-refractivity contribution in [2.45, 2.75) is 13.8 Å². The summed E-state index contributed by atoms with van der Waals surface area (Å²) < 4.78 is 0. The van der Waals surface area contributed by atoms with Crippen LogP contribution in [0, 0.1) is 25.7 Å². The Morgan fingerprint density at radius 1 is 1.31 bits per heavy atom. The van der Waals surface area contributed by atoms with E-state index in [0.717, 1.165) is 16.7 Å². The van der Waals surface area contributed by atoms with Gasteiger partial charge in [0.15, 0.2) is 6.29 Å². The van der Waals surface area contributed by atoms with Crippen molar-refractivity contribution in [3.8, 4) is 11.8 Å². The summed E-state index contributed by atoms with van der Waals surface area (Å²) in [5, 5.41) is 0.701. The van der Waals surface area contributed by atoms with E-state index in [2.05, 4.69) is 11.8 Å². The van der Waals surface area contributed by atoms with Gasteiger partial charge in [-0.25, -0.2) is 0 Å². The molecule has 66 valence electrons. The zero-order chi connectivity index (χ0) is 9.84. The predicted octanol–water partition coefficient (Wildman–Crippen LogP) is 2.51. The summed E-state index contributed by atoms with van der Waals surface area (Å²) in [5.74, 6) is 5.17. The molecule has 0 bridgehead atoms. The Morgan fingerprint density at radius 3 is 2.31 bits per heavy atom. The van der Waals surface area contributed by atoms with E-state index in [4.69, 9.17) is 11.6 Å². The van der Waals surface area contributed by atoms with Crippen LogP contribution in [0.3, 0.4) is 0 Å². The summed E-state index contributed by atoms with van der Waals surface area (Å²) >= 11 is 5.84. The Labute approximate surface area is 82.7 Å². The van der Waals surface area contributed by atoms with Gasteiger partial charge in [-0.3, -0.25) is 4.79 Å². The lowest BCUT2D eigenvalue weighted by molar-refractivity contribution is -0.103. The largest absolute Gasteiger partial charge is 0.289 e. The van der Waals surface area contributed by atoms with Gasteiger partial charge in [0.05, 0.1) is 0 Å². The highest BCUT2D eigenvalue weighted by Crippen LogP contribution is 2.18. The molecule has 2 heteroatoms. The fourth-order valence-corrected chi connectivity index (χ4v) is 1.54. The van der Waals surface area contributed by atoms with Crippen molar-refractivity contribution < 1.29 is 4.79 Å². The second-order valence-corrected chi connectivity index (χ2v) is 3.24. The highest BCUT2D eigenvalue weighted by Gasteiger charge is 2.00. The van der Waals surface area contributed by atoms with E-state index in [1.54, 1.807) is 0 Å². The zero-order valence-corrected chi connectivity index (χ0v) is 8.27. The molecule has 0 aliphatic heterocycles. The standard InChI is InChI=1S/C11H9ClO/c1-8-6-10(12)7-9(2)11(8)4-3-5-13/h5-7H,1-2H3. The molecule has 0 heterocycles. The minimum atomic E-state index is 0.591. The quantitative estimate of drug-likeness (QED) is 0.456. The van der Waals surface area contributed by atoms with Gasteiger partial charge in [0.1, 0.15) is 0 Å². The summed E-state index contributed by atoms with van der Waals surface area (Å²) in [6.45, 7) is 3.85. The van der Waals surface area contributed by atoms with E-state index in [-0.39, 0.29) is 0 Å². The number of carbonyl (C=O) groups is 1. The SMILES string of the molecule is Cc1cc(Cl)cc(C)c1C#CC=O. The zero-order valence-electron chi connectivity index (χ0n) is 7.52. The lowest BCUT2D eigenvalue weighted by Crippen LogP contribution is -1.87. The van der Waals surface area contributed by atoms with Crippen LogP contribution in [0.4, 0.5) is 0 Å². The second-order valence-electron chi connectivity index (χ2n) is 2.80. The van der Waals surface area contributed by atoms with Crippen LogP contribution in [0.5, 0.6) is 0 Å². The number of aldehydes is 1. The molecule has 0 fully saturated rings. The number of rotatable bonds is 0. The number of hydrogen-bond acceptors (Lipinski definition) is 1. The van der Waals surface area contributed by atoms with Crippen LogP contribution in [-0.4, -0.2) is 6.29 Å². The van der Waals surface area contributed by atoms with Crippen molar-refractivity contribution in [2.24, 2.45) is 0 Å². The molecule has 0 amide bonds. The number of aryl methyl sites for hydroxylation is 2. The fourth-order valence-electron chi connectivity index (χ4n) is 1.21. The molecule has 1 aromatic carbocycles. The first-order valence-corrected chi connectivity index (χ1v) is 4.25. The smallest absolute Gasteiger partial charge is 0.193 e. The maximum absolute atomic E-state index is 10.1. The molecule has 0 N–H and O–H groups in total. The molecular weight excluding hydrogens is 184 g/mol. The minimum absolute atomic E-state index is 0.591. The molecule has 0 saturated heterocycles. The second kappa shape index (κ2) is 4.11. The Morgan fingerprint density at radius 2 is 1.85 bits per heavy atom. The van der Waals surface area contributed by atoms with Crippen LogP contribution in [-0.2, 0) is 4.79 Å². The number of carbonyl (C=O) groups excluding carboxylic acids is 1. The van der Waals surface area contributed by atoms with E-state index >= 15 is 0 Å². The first-order chi connectivity index (χ1) is 6.15. The van der Waals surface area contributed by atoms with Crippen LogP contribution in [0.15, 0.2) is 12.1 Å². The maximum Gasteiger partial charge on any atom is 0.193 e. The molecule has 0 aliphatic rings. The molecular formula is C11H9ClO. The molecule has 1 nitrogen and oxygen atoms in total. The van der Waals surface area contributed by atoms with Crippen molar-refractivity contribution >= 4 is 17.9 Å². The Balaban J connectivity index is 3.28. The van der Waals surface area contributed by atoms with Crippen LogP contribution < -0.4 is 0 Å². The van der Waals surface area contributed by atoms with Crippen LogP contribution in [0.2, 0.25) is 5.02 Å². The molecule has 13 heavy (non-hydrogen) atoms. The molecule has 1 aromatic rings. The monoisotopic (exact) mass is 192 g/mol. The third-order valence-corrected chi connectivity index (χ3v) is 1.97. The van der Waals surface area contributed by atoms with E-state index in [1.807, 2.05) is 26.0 Å². The van der Waals surface area contributed by atoms with Gasteiger partial charge in [-0.2, -0.15) is 0 Å². The van der Waals surface area contributed by atoms with Gasteiger partial charge in [-0.1, -0.05) is 17.5 Å². The summed E-state index contributed by atoms with van der Waals surface area (Å²) in [6, 6.07) is 3.67. The molecule has 0 radical (unpaired) electrons. The Bertz CT molecular complexity index is 373. The molecule has 1 rings (SSSR count). The third-order valence-electron chi connectivity index (χ3n) is 1.75. The normalized spacial score (nSPS) is 8.85. The van der Waals surface area contributed by atoms with Crippen molar-refractivity contribution in [1.29, 1.82) is 0 Å². The first kappa shape index (κ1) is 9.83. The minimum Gasteiger partial charge on any atom is -0.289 e. The molecule has 0 saturated carbocycles. The maximum atomic E-state index is 10.1. The molecule has 0 aliphatic carbocycles. The van der Waals surface area contributed by atoms with Gasteiger partial charge in [0.25, 0.3) is 0 Å². The van der Waals surface area contributed by atoms with Crippen LogP contribution in [0.1, 0.15) is 16.7 Å². The summed E-state index contributed by atoms with van der Waals surface area (Å²) in [4.78, 5) is 10.1. The van der Waals surface area contributed by atoms with Crippen molar-refractivity contribution in [1.82, 2.24) is 0 Å². The lowest BCUT2D eigenvalue weighted by Gasteiger charge is -2.02. The molecule has 0 spiro atoms. The highest BCUT2D eigenvalue weighted by atomic mass is 35.5. The molecule has 0 atom stereocenters. The first-order valence-electron chi connectivity index (χ1n) is 3.87. The number of halogens is 1. The fraction of sp³-hybridized carbons (Fsp3) is 0.182. The highest BCUT2D eigenvalue weighted by molar-refractivity contribution is 6.30. The van der Waals surface area contributed by atoms with Gasteiger partial charge in [-0.15, -0.1) is 0 Å². The van der Waals surface area contributed by atoms with Gasteiger partial charge < -0.3 is 0 Å². The Hall–Kier alpha value is -1.26. The topological polar surface area (TPSA) is 17.1 Å². The average molecular weight is 193 g/mol. The third kappa shape index (κ3) is 2.34. The van der Waals surface area contributed by atoms with Crippen molar-refractivity contribution in [3.63, 3.8) is 0 Å². The summed E-state index contributed by atoms with van der Waals surface area (Å²) in [7, 11) is 0. The van der Waals surface area contributed by atoms with Crippen LogP contribution >= 0.6 is 11.6 Å².